The Hall–Kier alpha value is -2.02. The summed E-state index contributed by atoms with van der Waals surface area (Å²) in [6.07, 6.45) is -5.66. The summed E-state index contributed by atoms with van der Waals surface area (Å²) in [5.41, 5.74) is 0.681. The normalized spacial score (nSPS) is 14.8. The van der Waals surface area contributed by atoms with Crippen molar-refractivity contribution in [3.63, 3.8) is 0 Å². The molecule has 2 atom stereocenters. The van der Waals surface area contributed by atoms with Crippen molar-refractivity contribution in [3.8, 4) is 0 Å². The van der Waals surface area contributed by atoms with Gasteiger partial charge in [0.1, 0.15) is 24.1 Å². The topological polar surface area (TPSA) is 51.5 Å². The van der Waals surface area contributed by atoms with Crippen LogP contribution in [0.15, 0.2) is 34.7 Å². The molecule has 4 nitrogen and oxygen atoms in total. The Bertz CT molecular complexity index is 618. The second-order valence-electron chi connectivity index (χ2n) is 4.99. The molecule has 0 radical (unpaired) electrons. The second kappa shape index (κ2) is 6.39. The van der Waals surface area contributed by atoms with Crippen LogP contribution in [0.2, 0.25) is 0 Å². The van der Waals surface area contributed by atoms with Crippen LogP contribution in [0.5, 0.6) is 0 Å². The van der Waals surface area contributed by atoms with Gasteiger partial charge >= 0.3 is 6.18 Å². The Balaban J connectivity index is 1.95. The maximum atomic E-state index is 12.1. The number of benzene rings is 1. The van der Waals surface area contributed by atoms with Crippen LogP contribution in [-0.2, 0) is 9.53 Å². The van der Waals surface area contributed by atoms with E-state index in [1.807, 2.05) is 18.2 Å². The molecule has 0 fully saturated rings. The summed E-state index contributed by atoms with van der Waals surface area (Å²) in [7, 11) is 0. The molecule has 0 spiro atoms. The molecule has 120 valence electrons. The van der Waals surface area contributed by atoms with Crippen molar-refractivity contribution >= 4 is 16.9 Å². The minimum atomic E-state index is -4.46. The van der Waals surface area contributed by atoms with Gasteiger partial charge in [-0.15, -0.1) is 0 Å². The van der Waals surface area contributed by atoms with Crippen LogP contribution in [-0.4, -0.2) is 24.8 Å². The number of nitrogens with one attached hydrogen (secondary N) is 1. The standard InChI is InChI=1S/C15H16F3NO3/c1-9(13-7-11-5-3-4-6-12(11)22-13)19-14(20)10(2)21-8-15(16,17)18/h3-7,9-10H,8H2,1-2H3,(H,19,20)/t9-,10-/m0/s1. The average Bonchev–Trinajstić information content (AvgIpc) is 2.87. The third-order valence-corrected chi connectivity index (χ3v) is 3.10. The van der Waals surface area contributed by atoms with E-state index in [9.17, 15) is 18.0 Å². The number of alkyl halides is 3. The number of hydrogen-bond acceptors (Lipinski definition) is 3. The number of rotatable bonds is 5. The fourth-order valence-electron chi connectivity index (χ4n) is 1.91. The molecule has 0 saturated carbocycles. The molecule has 1 N–H and O–H groups in total. The number of carbonyl (C=O) groups is 1. The first kappa shape index (κ1) is 16.4. The van der Waals surface area contributed by atoms with Crippen LogP contribution < -0.4 is 5.32 Å². The molecule has 7 heteroatoms. The van der Waals surface area contributed by atoms with Crippen molar-refractivity contribution in [1.29, 1.82) is 0 Å². The SMILES string of the molecule is C[C@H](OCC(F)(F)F)C(=O)N[C@@H](C)c1cc2ccccc2o1. The summed E-state index contributed by atoms with van der Waals surface area (Å²) in [6, 6.07) is 8.65. The van der Waals surface area contributed by atoms with Crippen molar-refractivity contribution in [2.75, 3.05) is 6.61 Å². The van der Waals surface area contributed by atoms with Gasteiger partial charge in [-0.25, -0.2) is 0 Å². The molecule has 0 unspecified atom stereocenters. The van der Waals surface area contributed by atoms with Crippen molar-refractivity contribution in [2.24, 2.45) is 0 Å². The van der Waals surface area contributed by atoms with Gasteiger partial charge in [-0.2, -0.15) is 13.2 Å². The number of amides is 1. The summed E-state index contributed by atoms with van der Waals surface area (Å²) in [5.74, 6) is -0.102. The van der Waals surface area contributed by atoms with Gasteiger partial charge < -0.3 is 14.5 Å². The van der Waals surface area contributed by atoms with Crippen LogP contribution in [0.25, 0.3) is 11.0 Å². The third-order valence-electron chi connectivity index (χ3n) is 3.10. The Morgan fingerprint density at radius 3 is 2.64 bits per heavy atom. The number of halogens is 3. The lowest BCUT2D eigenvalue weighted by atomic mass is 10.2. The van der Waals surface area contributed by atoms with Crippen molar-refractivity contribution in [1.82, 2.24) is 5.32 Å². The summed E-state index contributed by atoms with van der Waals surface area (Å²) in [5, 5.41) is 3.46. The maximum Gasteiger partial charge on any atom is 0.411 e. The van der Waals surface area contributed by atoms with Gasteiger partial charge in [0.05, 0.1) is 6.04 Å². The van der Waals surface area contributed by atoms with Gasteiger partial charge in [0, 0.05) is 5.39 Å². The van der Waals surface area contributed by atoms with Crippen LogP contribution in [0.4, 0.5) is 13.2 Å². The van der Waals surface area contributed by atoms with Crippen molar-refractivity contribution < 1.29 is 27.1 Å². The Labute approximate surface area is 125 Å². The van der Waals surface area contributed by atoms with Gasteiger partial charge in [-0.3, -0.25) is 4.79 Å². The van der Waals surface area contributed by atoms with E-state index in [0.29, 0.717) is 11.3 Å². The molecular weight excluding hydrogens is 299 g/mol. The number of fused-ring (bicyclic) bond motifs is 1. The van der Waals surface area contributed by atoms with E-state index < -0.39 is 30.8 Å². The maximum absolute atomic E-state index is 12.1. The zero-order valence-electron chi connectivity index (χ0n) is 12.1. The van der Waals surface area contributed by atoms with E-state index in [4.69, 9.17) is 4.42 Å². The van der Waals surface area contributed by atoms with E-state index >= 15 is 0 Å². The molecular formula is C15H16F3NO3. The molecule has 2 aromatic rings. The number of ether oxygens (including phenoxy) is 1. The highest BCUT2D eigenvalue weighted by atomic mass is 19.4. The smallest absolute Gasteiger partial charge is 0.411 e. The lowest BCUT2D eigenvalue weighted by Gasteiger charge is -2.17. The van der Waals surface area contributed by atoms with Gasteiger partial charge in [-0.05, 0) is 26.0 Å². The predicted octanol–water partition coefficient (Wildman–Crippen LogP) is 3.58. The zero-order valence-corrected chi connectivity index (χ0v) is 12.1. The zero-order chi connectivity index (χ0) is 16.3. The highest BCUT2D eigenvalue weighted by Crippen LogP contribution is 2.23. The Morgan fingerprint density at radius 2 is 2.00 bits per heavy atom. The van der Waals surface area contributed by atoms with Gasteiger partial charge in [0.25, 0.3) is 0 Å². The van der Waals surface area contributed by atoms with Crippen molar-refractivity contribution in [3.05, 3.63) is 36.1 Å². The second-order valence-corrected chi connectivity index (χ2v) is 4.99. The molecule has 22 heavy (non-hydrogen) atoms. The van der Waals surface area contributed by atoms with Gasteiger partial charge in [0.2, 0.25) is 5.91 Å². The van der Waals surface area contributed by atoms with Crippen LogP contribution in [0.3, 0.4) is 0 Å². The Kier molecular flexibility index (Phi) is 4.75. The number of para-hydroxylation sites is 1. The first-order valence-corrected chi connectivity index (χ1v) is 6.73. The molecule has 1 amide bonds. The van der Waals surface area contributed by atoms with Gasteiger partial charge in [0.15, 0.2) is 0 Å². The molecule has 0 aliphatic rings. The Morgan fingerprint density at radius 1 is 1.32 bits per heavy atom. The number of carbonyl (C=O) groups excluding carboxylic acids is 1. The van der Waals surface area contributed by atoms with Crippen LogP contribution >= 0.6 is 0 Å². The summed E-state index contributed by atoms with van der Waals surface area (Å²) in [6.45, 7) is 1.50. The van der Waals surface area contributed by atoms with Crippen LogP contribution in [0, 0.1) is 0 Å². The third kappa shape index (κ3) is 4.24. The fourth-order valence-corrected chi connectivity index (χ4v) is 1.91. The van der Waals surface area contributed by atoms with E-state index in [-0.39, 0.29) is 0 Å². The fraction of sp³-hybridized carbons (Fsp3) is 0.400. The molecule has 0 aliphatic carbocycles. The average molecular weight is 315 g/mol. The molecule has 0 saturated heterocycles. The minimum absolute atomic E-state index is 0.475. The molecule has 0 bridgehead atoms. The largest absolute Gasteiger partial charge is 0.459 e. The summed E-state index contributed by atoms with van der Waals surface area (Å²) in [4.78, 5) is 11.8. The quantitative estimate of drug-likeness (QED) is 0.917. The summed E-state index contributed by atoms with van der Waals surface area (Å²) >= 11 is 0. The first-order valence-electron chi connectivity index (χ1n) is 6.73. The van der Waals surface area contributed by atoms with E-state index in [1.165, 1.54) is 6.92 Å². The minimum Gasteiger partial charge on any atom is -0.459 e. The molecule has 0 aliphatic heterocycles. The molecule has 1 aromatic carbocycles. The number of hydrogen-bond donors (Lipinski definition) is 1. The van der Waals surface area contributed by atoms with E-state index in [1.54, 1.807) is 19.1 Å². The monoisotopic (exact) mass is 315 g/mol. The lowest BCUT2D eigenvalue weighted by molar-refractivity contribution is -0.185. The van der Waals surface area contributed by atoms with Crippen LogP contribution in [0.1, 0.15) is 25.6 Å². The first-order chi connectivity index (χ1) is 10.3. The van der Waals surface area contributed by atoms with Gasteiger partial charge in [-0.1, -0.05) is 18.2 Å². The highest BCUT2D eigenvalue weighted by molar-refractivity contribution is 5.81. The van der Waals surface area contributed by atoms with E-state index in [0.717, 1.165) is 5.39 Å². The molecule has 1 heterocycles. The number of furan rings is 1. The van der Waals surface area contributed by atoms with E-state index in [2.05, 4.69) is 10.1 Å². The lowest BCUT2D eigenvalue weighted by Crippen LogP contribution is -2.37. The molecule has 1 aromatic heterocycles. The predicted molar refractivity (Wildman–Crippen MR) is 74.2 cm³/mol. The molecule has 2 rings (SSSR count). The summed E-state index contributed by atoms with van der Waals surface area (Å²) < 4.78 is 46.2. The highest BCUT2D eigenvalue weighted by Gasteiger charge is 2.30. The van der Waals surface area contributed by atoms with Crippen molar-refractivity contribution in [2.45, 2.75) is 32.2 Å².